The van der Waals surface area contributed by atoms with Crippen LogP contribution < -0.4 is 9.64 Å². The van der Waals surface area contributed by atoms with Crippen molar-refractivity contribution in [2.75, 3.05) is 10.7 Å². The molecule has 1 atom stereocenters. The molecule has 0 spiro atoms. The van der Waals surface area contributed by atoms with E-state index >= 15 is 0 Å². The fourth-order valence-corrected chi connectivity index (χ4v) is 6.97. The number of thioether (sulfide) groups is 1. The third kappa shape index (κ3) is 6.38. The second-order valence-corrected chi connectivity index (χ2v) is 11.0. The highest BCUT2D eigenvalue weighted by atomic mass is 35.5. The minimum atomic E-state index is 0. The minimum Gasteiger partial charge on any atom is -0.457 e. The zero-order chi connectivity index (χ0) is 24.0. The quantitative estimate of drug-likeness (QED) is 0.387. The Morgan fingerprint density at radius 2 is 1.50 bits per heavy atom. The maximum atomic E-state index is 13.1. The lowest BCUT2D eigenvalue weighted by atomic mass is 9.94. The first kappa shape index (κ1) is 26.9. The van der Waals surface area contributed by atoms with Crippen LogP contribution in [0.3, 0.4) is 0 Å². The SMILES string of the molecule is CC(=O)N(c1ccc(Oc2ccccc2)cc1)C1CSC(=NC2CCCCC2)N1C1CCCCC1.Cl. The Morgan fingerprint density at radius 3 is 2.14 bits per heavy atom. The van der Waals surface area contributed by atoms with Gasteiger partial charge in [0.05, 0.1) is 6.04 Å². The van der Waals surface area contributed by atoms with E-state index in [-0.39, 0.29) is 24.5 Å². The van der Waals surface area contributed by atoms with E-state index in [1.807, 2.05) is 71.3 Å². The predicted octanol–water partition coefficient (Wildman–Crippen LogP) is 7.65. The Kier molecular flexibility index (Phi) is 9.60. The molecule has 0 bridgehead atoms. The number of hydrogen-bond donors (Lipinski definition) is 0. The van der Waals surface area contributed by atoms with Crippen LogP contribution in [0.15, 0.2) is 59.6 Å². The number of carbonyl (C=O) groups excluding carboxylic acids is 1. The summed E-state index contributed by atoms with van der Waals surface area (Å²) in [4.78, 5) is 22.8. The van der Waals surface area contributed by atoms with Gasteiger partial charge in [-0.15, -0.1) is 12.4 Å². The van der Waals surface area contributed by atoms with E-state index in [2.05, 4.69) is 4.90 Å². The van der Waals surface area contributed by atoms with Gasteiger partial charge in [-0.3, -0.25) is 14.7 Å². The highest BCUT2D eigenvalue weighted by Gasteiger charge is 2.41. The summed E-state index contributed by atoms with van der Waals surface area (Å²) in [5, 5.41) is 1.17. The number of hydrogen-bond acceptors (Lipinski definition) is 4. The highest BCUT2D eigenvalue weighted by molar-refractivity contribution is 8.14. The first-order chi connectivity index (χ1) is 17.2. The van der Waals surface area contributed by atoms with Gasteiger partial charge in [0, 0.05) is 24.4 Å². The fourth-order valence-electron chi connectivity index (χ4n) is 5.72. The van der Waals surface area contributed by atoms with Gasteiger partial charge in [-0.25, -0.2) is 0 Å². The maximum Gasteiger partial charge on any atom is 0.225 e. The minimum absolute atomic E-state index is 0. The van der Waals surface area contributed by atoms with Crippen molar-refractivity contribution in [1.82, 2.24) is 4.90 Å². The molecule has 1 unspecified atom stereocenters. The van der Waals surface area contributed by atoms with E-state index in [0.29, 0.717) is 12.1 Å². The largest absolute Gasteiger partial charge is 0.457 e. The lowest BCUT2D eigenvalue weighted by Crippen LogP contribution is -2.54. The number of para-hydroxylation sites is 1. The van der Waals surface area contributed by atoms with Crippen molar-refractivity contribution in [1.29, 1.82) is 0 Å². The number of anilines is 1. The number of ether oxygens (including phenoxy) is 1. The molecule has 1 heterocycles. The van der Waals surface area contributed by atoms with Gasteiger partial charge in [0.2, 0.25) is 5.91 Å². The Bertz CT molecular complexity index is 1000. The number of benzene rings is 2. The predicted molar refractivity (Wildman–Crippen MR) is 153 cm³/mol. The van der Waals surface area contributed by atoms with Gasteiger partial charge < -0.3 is 9.64 Å². The standard InChI is InChI=1S/C29H37N3O2S.ClH/c1-22(33)31(25-17-19-27(20-18-25)34-26-15-9-4-10-16-26)28-21-35-29(30-23-11-5-2-6-12-23)32(28)24-13-7-3-8-14-24;/h4,9-10,15-20,23-24,28H,2-3,5-8,11-14,21H2,1H3;1H. The number of rotatable bonds is 6. The van der Waals surface area contributed by atoms with E-state index < -0.39 is 0 Å². The lowest BCUT2D eigenvalue weighted by Gasteiger charge is -2.41. The molecule has 2 aromatic rings. The summed E-state index contributed by atoms with van der Waals surface area (Å²) >= 11 is 1.85. The molecule has 1 aliphatic heterocycles. The number of aliphatic imine (C=N–C) groups is 1. The van der Waals surface area contributed by atoms with Crippen molar-refractivity contribution in [2.45, 2.75) is 89.4 Å². The maximum absolute atomic E-state index is 13.1. The van der Waals surface area contributed by atoms with E-state index in [0.717, 1.165) is 22.9 Å². The van der Waals surface area contributed by atoms with Crippen molar-refractivity contribution in [2.24, 2.45) is 4.99 Å². The molecule has 7 heteroatoms. The molecule has 2 aliphatic carbocycles. The van der Waals surface area contributed by atoms with E-state index in [4.69, 9.17) is 9.73 Å². The second-order valence-electron chi connectivity index (χ2n) is 9.99. The third-order valence-electron chi connectivity index (χ3n) is 7.47. The fraction of sp³-hybridized carbons (Fsp3) is 0.517. The number of carbonyl (C=O) groups is 1. The van der Waals surface area contributed by atoms with Crippen LogP contribution >= 0.6 is 24.2 Å². The summed E-state index contributed by atoms with van der Waals surface area (Å²) in [7, 11) is 0. The molecule has 0 aromatic heterocycles. The molecule has 3 fully saturated rings. The van der Waals surface area contributed by atoms with Crippen LogP contribution in [0, 0.1) is 0 Å². The Balaban J connectivity index is 0.00000304. The van der Waals surface area contributed by atoms with Crippen LogP contribution in [-0.4, -0.2) is 40.0 Å². The zero-order valence-electron chi connectivity index (χ0n) is 21.2. The lowest BCUT2D eigenvalue weighted by molar-refractivity contribution is -0.117. The normalized spacial score (nSPS) is 22.3. The Labute approximate surface area is 226 Å². The van der Waals surface area contributed by atoms with E-state index in [1.54, 1.807) is 6.92 Å². The summed E-state index contributed by atoms with van der Waals surface area (Å²) in [6.07, 6.45) is 12.5. The van der Waals surface area contributed by atoms with Crippen LogP contribution in [-0.2, 0) is 4.79 Å². The number of amides is 1. The van der Waals surface area contributed by atoms with E-state index in [9.17, 15) is 4.79 Å². The number of halogens is 1. The molecule has 0 N–H and O–H groups in total. The first-order valence-corrected chi connectivity index (χ1v) is 14.3. The average molecular weight is 528 g/mol. The first-order valence-electron chi connectivity index (χ1n) is 13.3. The van der Waals surface area contributed by atoms with Gasteiger partial charge in [0.15, 0.2) is 5.17 Å². The van der Waals surface area contributed by atoms with Gasteiger partial charge in [-0.1, -0.05) is 68.5 Å². The van der Waals surface area contributed by atoms with Crippen LogP contribution in [0.1, 0.15) is 71.1 Å². The van der Waals surface area contributed by atoms with Crippen LogP contribution in [0.25, 0.3) is 0 Å². The molecule has 3 aliphatic rings. The summed E-state index contributed by atoms with van der Waals surface area (Å²) in [6, 6.07) is 18.6. The van der Waals surface area contributed by atoms with Crippen molar-refractivity contribution < 1.29 is 9.53 Å². The van der Waals surface area contributed by atoms with Crippen LogP contribution in [0.2, 0.25) is 0 Å². The van der Waals surface area contributed by atoms with Gasteiger partial charge in [0.1, 0.15) is 17.7 Å². The molecule has 5 rings (SSSR count). The molecule has 194 valence electrons. The van der Waals surface area contributed by atoms with E-state index in [1.165, 1.54) is 69.4 Å². The Hall–Kier alpha value is -2.18. The molecule has 1 saturated heterocycles. The topological polar surface area (TPSA) is 45.1 Å². The molecule has 5 nitrogen and oxygen atoms in total. The molecule has 2 aromatic carbocycles. The van der Waals surface area contributed by atoms with Gasteiger partial charge in [-0.2, -0.15) is 0 Å². The summed E-state index contributed by atoms with van der Waals surface area (Å²) < 4.78 is 5.98. The molecular weight excluding hydrogens is 490 g/mol. The molecule has 36 heavy (non-hydrogen) atoms. The smallest absolute Gasteiger partial charge is 0.225 e. The summed E-state index contributed by atoms with van der Waals surface area (Å²) in [5.74, 6) is 2.52. The van der Waals surface area contributed by atoms with Gasteiger partial charge in [0.25, 0.3) is 0 Å². The van der Waals surface area contributed by atoms with Crippen molar-refractivity contribution >= 4 is 40.9 Å². The second kappa shape index (κ2) is 12.9. The van der Waals surface area contributed by atoms with Crippen molar-refractivity contribution in [3.8, 4) is 11.5 Å². The van der Waals surface area contributed by atoms with Crippen LogP contribution in [0.4, 0.5) is 5.69 Å². The molecule has 2 saturated carbocycles. The highest BCUT2D eigenvalue weighted by Crippen LogP contribution is 2.37. The molecule has 0 radical (unpaired) electrons. The van der Waals surface area contributed by atoms with Crippen molar-refractivity contribution in [3.05, 3.63) is 54.6 Å². The van der Waals surface area contributed by atoms with Crippen molar-refractivity contribution in [3.63, 3.8) is 0 Å². The summed E-state index contributed by atoms with van der Waals surface area (Å²) in [5.41, 5.74) is 0.920. The van der Waals surface area contributed by atoms with Crippen LogP contribution in [0.5, 0.6) is 11.5 Å². The monoisotopic (exact) mass is 527 g/mol. The summed E-state index contributed by atoms with van der Waals surface area (Å²) in [6.45, 7) is 1.69. The zero-order valence-corrected chi connectivity index (χ0v) is 22.8. The number of nitrogens with zero attached hydrogens (tertiary/aromatic N) is 3. The molecular formula is C29H38ClN3O2S. The molecule has 1 amide bonds. The van der Waals surface area contributed by atoms with Gasteiger partial charge >= 0.3 is 0 Å². The third-order valence-corrected chi connectivity index (χ3v) is 8.51. The average Bonchev–Trinajstić information content (AvgIpc) is 3.29. The van der Waals surface area contributed by atoms with Gasteiger partial charge in [-0.05, 0) is 62.1 Å². The number of amidine groups is 1. The Morgan fingerprint density at radius 1 is 0.889 bits per heavy atom.